The highest BCUT2D eigenvalue weighted by Gasteiger charge is 2.19. The maximum atomic E-state index is 5.89. The van der Waals surface area contributed by atoms with E-state index in [-0.39, 0.29) is 0 Å². The van der Waals surface area contributed by atoms with E-state index in [1.807, 2.05) is 13.0 Å². The summed E-state index contributed by atoms with van der Waals surface area (Å²) in [6.07, 6.45) is 7.85. The molecule has 4 heteroatoms. The van der Waals surface area contributed by atoms with E-state index in [1.54, 1.807) is 0 Å². The van der Waals surface area contributed by atoms with Crippen LogP contribution in [-0.4, -0.2) is 23.1 Å². The molecule has 0 amide bonds. The van der Waals surface area contributed by atoms with Crippen LogP contribution in [0.25, 0.3) is 0 Å². The molecule has 1 aliphatic rings. The largest absolute Gasteiger partial charge is 0.477 e. The number of ether oxygens (including phenoxy) is 1. The molecule has 1 aromatic rings. The van der Waals surface area contributed by atoms with Crippen LogP contribution >= 0.6 is 0 Å². The molecule has 0 aliphatic heterocycles. The summed E-state index contributed by atoms with van der Waals surface area (Å²) in [5.74, 6) is 3.55. The fraction of sp³-hybridized carbons (Fsp3) is 0.625. The van der Waals surface area contributed by atoms with E-state index >= 15 is 0 Å². The number of aromatic nitrogens is 2. The molecule has 1 N–H and O–H groups in total. The first kappa shape index (κ1) is 14.8. The highest BCUT2D eigenvalue weighted by Crippen LogP contribution is 2.25. The number of hydrogen-bond donors (Lipinski definition) is 1. The fourth-order valence-corrected chi connectivity index (χ4v) is 2.39. The monoisotopic (exact) mass is 275 g/mol. The van der Waals surface area contributed by atoms with Crippen LogP contribution in [0, 0.1) is 18.8 Å². The van der Waals surface area contributed by atoms with Crippen LogP contribution in [0.3, 0.4) is 0 Å². The lowest BCUT2D eigenvalue weighted by Gasteiger charge is -2.24. The van der Waals surface area contributed by atoms with Gasteiger partial charge in [0, 0.05) is 12.6 Å². The molecule has 0 bridgehead atoms. The van der Waals surface area contributed by atoms with Crippen LogP contribution in [0.4, 0.5) is 5.82 Å². The molecule has 0 spiro atoms. The average molecular weight is 275 g/mol. The molecular weight excluding hydrogens is 250 g/mol. The minimum Gasteiger partial charge on any atom is -0.477 e. The Kier molecular flexibility index (Phi) is 5.39. The molecular formula is C16H25N3O. The Morgan fingerprint density at radius 1 is 1.30 bits per heavy atom. The minimum atomic E-state index is 0.585. The van der Waals surface area contributed by atoms with Gasteiger partial charge in [0.05, 0.1) is 6.61 Å². The van der Waals surface area contributed by atoms with E-state index in [4.69, 9.17) is 4.74 Å². The fourth-order valence-electron chi connectivity index (χ4n) is 2.39. The van der Waals surface area contributed by atoms with Crippen molar-refractivity contribution >= 4 is 5.82 Å². The van der Waals surface area contributed by atoms with Crippen molar-refractivity contribution < 1.29 is 4.74 Å². The Bertz CT molecular complexity index is 459. The first-order chi connectivity index (χ1) is 9.69. The van der Waals surface area contributed by atoms with Gasteiger partial charge in [-0.3, -0.25) is 0 Å². The van der Waals surface area contributed by atoms with Crippen LogP contribution in [0.5, 0.6) is 5.88 Å². The van der Waals surface area contributed by atoms with E-state index in [2.05, 4.69) is 41.3 Å². The topological polar surface area (TPSA) is 47.0 Å². The zero-order valence-corrected chi connectivity index (χ0v) is 12.7. The van der Waals surface area contributed by atoms with Crippen molar-refractivity contribution in [1.29, 1.82) is 0 Å². The SMILES string of the molecule is CCCNc1cc(OCC2CC=CCC2C)nc(C)n1. The molecule has 0 saturated carbocycles. The molecule has 2 rings (SSSR count). The molecule has 1 heterocycles. The van der Waals surface area contributed by atoms with E-state index in [0.29, 0.717) is 17.7 Å². The Hall–Kier alpha value is -1.58. The van der Waals surface area contributed by atoms with Crippen LogP contribution in [0.15, 0.2) is 18.2 Å². The molecule has 1 aromatic heterocycles. The molecule has 0 fully saturated rings. The van der Waals surface area contributed by atoms with E-state index in [9.17, 15) is 0 Å². The maximum absolute atomic E-state index is 5.89. The quantitative estimate of drug-likeness (QED) is 0.806. The third-order valence-electron chi connectivity index (χ3n) is 3.73. The Labute approximate surface area is 121 Å². The van der Waals surface area contributed by atoms with E-state index < -0.39 is 0 Å². The second kappa shape index (κ2) is 7.27. The third kappa shape index (κ3) is 4.22. The van der Waals surface area contributed by atoms with Gasteiger partial charge in [0.2, 0.25) is 5.88 Å². The number of nitrogens with zero attached hydrogens (tertiary/aromatic N) is 2. The summed E-state index contributed by atoms with van der Waals surface area (Å²) >= 11 is 0. The maximum Gasteiger partial charge on any atom is 0.218 e. The number of aryl methyl sites for hydroxylation is 1. The van der Waals surface area contributed by atoms with Crippen LogP contribution in [-0.2, 0) is 0 Å². The van der Waals surface area contributed by atoms with Gasteiger partial charge in [0.1, 0.15) is 11.6 Å². The summed E-state index contributed by atoms with van der Waals surface area (Å²) in [4.78, 5) is 8.73. The van der Waals surface area contributed by atoms with Crippen LogP contribution in [0.2, 0.25) is 0 Å². The molecule has 110 valence electrons. The summed E-state index contributed by atoms with van der Waals surface area (Å²) in [7, 11) is 0. The molecule has 2 atom stereocenters. The lowest BCUT2D eigenvalue weighted by molar-refractivity contribution is 0.192. The molecule has 2 unspecified atom stereocenters. The van der Waals surface area contributed by atoms with Gasteiger partial charge in [-0.1, -0.05) is 26.0 Å². The van der Waals surface area contributed by atoms with Gasteiger partial charge in [-0.05, 0) is 38.0 Å². The highest BCUT2D eigenvalue weighted by molar-refractivity contribution is 5.38. The van der Waals surface area contributed by atoms with Crippen molar-refractivity contribution in [2.24, 2.45) is 11.8 Å². The summed E-state index contributed by atoms with van der Waals surface area (Å²) in [6, 6.07) is 1.89. The summed E-state index contributed by atoms with van der Waals surface area (Å²) in [5.41, 5.74) is 0. The zero-order valence-electron chi connectivity index (χ0n) is 12.7. The van der Waals surface area contributed by atoms with Gasteiger partial charge in [0.25, 0.3) is 0 Å². The van der Waals surface area contributed by atoms with Crippen LogP contribution in [0.1, 0.15) is 38.9 Å². The minimum absolute atomic E-state index is 0.585. The van der Waals surface area contributed by atoms with Crippen LogP contribution < -0.4 is 10.1 Å². The van der Waals surface area contributed by atoms with Crippen molar-refractivity contribution in [3.63, 3.8) is 0 Å². The van der Waals surface area contributed by atoms with Gasteiger partial charge in [-0.2, -0.15) is 4.98 Å². The molecule has 0 radical (unpaired) electrons. The predicted molar refractivity (Wildman–Crippen MR) is 82.1 cm³/mol. The first-order valence-electron chi connectivity index (χ1n) is 7.56. The summed E-state index contributed by atoms with van der Waals surface area (Å²) in [5, 5.41) is 3.28. The van der Waals surface area contributed by atoms with Gasteiger partial charge in [-0.25, -0.2) is 4.98 Å². The lowest BCUT2D eigenvalue weighted by Crippen LogP contribution is -2.21. The number of nitrogens with one attached hydrogen (secondary N) is 1. The van der Waals surface area contributed by atoms with Gasteiger partial charge in [-0.15, -0.1) is 0 Å². The highest BCUT2D eigenvalue weighted by atomic mass is 16.5. The van der Waals surface area contributed by atoms with Crippen molar-refractivity contribution in [2.45, 2.75) is 40.0 Å². The van der Waals surface area contributed by atoms with E-state index in [1.165, 1.54) is 0 Å². The molecule has 20 heavy (non-hydrogen) atoms. The molecule has 0 saturated heterocycles. The summed E-state index contributed by atoms with van der Waals surface area (Å²) < 4.78 is 5.89. The normalized spacial score (nSPS) is 21.8. The van der Waals surface area contributed by atoms with Gasteiger partial charge < -0.3 is 10.1 Å². The van der Waals surface area contributed by atoms with Gasteiger partial charge >= 0.3 is 0 Å². The van der Waals surface area contributed by atoms with Crippen molar-refractivity contribution in [3.8, 4) is 5.88 Å². The predicted octanol–water partition coefficient (Wildman–Crippen LogP) is 3.59. The Balaban J connectivity index is 1.94. The smallest absolute Gasteiger partial charge is 0.218 e. The Morgan fingerprint density at radius 2 is 2.10 bits per heavy atom. The van der Waals surface area contributed by atoms with Crippen molar-refractivity contribution in [1.82, 2.24) is 9.97 Å². The molecule has 1 aliphatic carbocycles. The average Bonchev–Trinajstić information content (AvgIpc) is 2.44. The number of allylic oxidation sites excluding steroid dienone is 2. The van der Waals surface area contributed by atoms with Gasteiger partial charge in [0.15, 0.2) is 0 Å². The van der Waals surface area contributed by atoms with Crippen molar-refractivity contribution in [3.05, 3.63) is 24.0 Å². The third-order valence-corrected chi connectivity index (χ3v) is 3.73. The molecule has 0 aromatic carbocycles. The number of rotatable bonds is 6. The first-order valence-corrected chi connectivity index (χ1v) is 7.56. The number of anilines is 1. The van der Waals surface area contributed by atoms with Crippen molar-refractivity contribution in [2.75, 3.05) is 18.5 Å². The standard InChI is InChI=1S/C16H25N3O/c1-4-9-17-15-10-16(19-13(3)18-15)20-11-14-8-6-5-7-12(14)2/h5-6,10,12,14H,4,7-9,11H2,1-3H3,(H,17,18,19). The zero-order chi connectivity index (χ0) is 14.4. The second-order valence-corrected chi connectivity index (χ2v) is 5.56. The lowest BCUT2D eigenvalue weighted by atomic mass is 9.85. The second-order valence-electron chi connectivity index (χ2n) is 5.56. The Morgan fingerprint density at radius 3 is 2.85 bits per heavy atom. The number of hydrogen-bond acceptors (Lipinski definition) is 4. The molecule has 4 nitrogen and oxygen atoms in total. The summed E-state index contributed by atoms with van der Waals surface area (Å²) in [6.45, 7) is 7.97. The van der Waals surface area contributed by atoms with E-state index in [0.717, 1.165) is 44.1 Å².